The van der Waals surface area contributed by atoms with Gasteiger partial charge in [-0.1, -0.05) is 0 Å². The second-order valence-electron chi connectivity index (χ2n) is 6.09. The summed E-state index contributed by atoms with van der Waals surface area (Å²) >= 11 is 0. The summed E-state index contributed by atoms with van der Waals surface area (Å²) in [6, 6.07) is 3.56. The third-order valence-electron chi connectivity index (χ3n) is 4.15. The van der Waals surface area contributed by atoms with Crippen LogP contribution < -0.4 is 4.74 Å². The predicted octanol–water partition coefficient (Wildman–Crippen LogP) is 1.65. The molecule has 0 bridgehead atoms. The number of hydrogen-bond donors (Lipinski definition) is 0. The molecule has 1 saturated heterocycles. The number of aromatic nitrogens is 1. The predicted molar refractivity (Wildman–Crippen MR) is 80.5 cm³/mol. The summed E-state index contributed by atoms with van der Waals surface area (Å²) in [5, 5.41) is 0. The monoisotopic (exact) mass is 289 g/mol. The molecule has 2 fully saturated rings. The van der Waals surface area contributed by atoms with Gasteiger partial charge in [0.15, 0.2) is 0 Å². The van der Waals surface area contributed by atoms with Crippen molar-refractivity contribution >= 4 is 5.91 Å². The lowest BCUT2D eigenvalue weighted by molar-refractivity contribution is 0.0762. The van der Waals surface area contributed by atoms with E-state index in [0.29, 0.717) is 17.4 Å². The van der Waals surface area contributed by atoms with Crippen molar-refractivity contribution < 1.29 is 9.53 Å². The number of carbonyl (C=O) groups is 1. The van der Waals surface area contributed by atoms with E-state index in [1.54, 1.807) is 18.3 Å². The zero-order chi connectivity index (χ0) is 14.7. The lowest BCUT2D eigenvalue weighted by Gasteiger charge is -2.20. The average Bonchev–Trinajstić information content (AvgIpc) is 3.33. The Morgan fingerprint density at radius 1 is 1.33 bits per heavy atom. The molecule has 1 aromatic heterocycles. The van der Waals surface area contributed by atoms with Crippen molar-refractivity contribution in [1.82, 2.24) is 14.8 Å². The largest absolute Gasteiger partial charge is 0.477 e. The number of pyridine rings is 1. The van der Waals surface area contributed by atoms with E-state index < -0.39 is 0 Å². The fraction of sp³-hybridized carbons (Fsp3) is 0.625. The van der Waals surface area contributed by atoms with Gasteiger partial charge in [0.25, 0.3) is 5.91 Å². The molecule has 2 aliphatic rings. The molecule has 21 heavy (non-hydrogen) atoms. The molecule has 0 unspecified atom stereocenters. The Labute approximate surface area is 125 Å². The minimum Gasteiger partial charge on any atom is -0.477 e. The lowest BCUT2D eigenvalue weighted by atomic mass is 10.2. The van der Waals surface area contributed by atoms with Crippen molar-refractivity contribution in [3.05, 3.63) is 23.9 Å². The van der Waals surface area contributed by atoms with Gasteiger partial charge in [0.05, 0.1) is 6.61 Å². The fourth-order valence-corrected chi connectivity index (χ4v) is 2.54. The number of nitrogens with zero attached hydrogens (tertiary/aromatic N) is 3. The molecule has 0 spiro atoms. The normalized spacial score (nSPS) is 20.1. The Morgan fingerprint density at radius 3 is 3.00 bits per heavy atom. The smallest absolute Gasteiger partial charge is 0.254 e. The summed E-state index contributed by atoms with van der Waals surface area (Å²) in [4.78, 5) is 21.0. The fourth-order valence-electron chi connectivity index (χ4n) is 2.54. The molecule has 5 heteroatoms. The Balaban J connectivity index is 1.63. The summed E-state index contributed by atoms with van der Waals surface area (Å²) < 4.78 is 5.66. The first kappa shape index (κ1) is 14.3. The third-order valence-corrected chi connectivity index (χ3v) is 4.15. The van der Waals surface area contributed by atoms with Crippen LogP contribution in [0, 0.1) is 5.92 Å². The van der Waals surface area contributed by atoms with E-state index in [9.17, 15) is 4.79 Å². The van der Waals surface area contributed by atoms with Crippen LogP contribution in [-0.4, -0.2) is 60.5 Å². The van der Waals surface area contributed by atoms with Crippen LogP contribution in [0.2, 0.25) is 0 Å². The van der Waals surface area contributed by atoms with E-state index in [2.05, 4.69) is 16.9 Å². The van der Waals surface area contributed by atoms with Crippen LogP contribution in [-0.2, 0) is 0 Å². The lowest BCUT2D eigenvalue weighted by Crippen LogP contribution is -2.34. The molecule has 5 nitrogen and oxygen atoms in total. The van der Waals surface area contributed by atoms with Gasteiger partial charge in [-0.3, -0.25) is 4.79 Å². The standard InChI is InChI=1S/C16H23N3O2/c1-18-7-2-8-19(10-9-18)16(20)14-5-6-17-15(11-14)21-12-13-3-4-13/h5-6,11,13H,2-4,7-10,12H2,1H3. The first-order valence-corrected chi connectivity index (χ1v) is 7.79. The zero-order valence-corrected chi connectivity index (χ0v) is 12.6. The quantitative estimate of drug-likeness (QED) is 0.845. The van der Waals surface area contributed by atoms with E-state index in [4.69, 9.17) is 4.74 Å². The Kier molecular flexibility index (Phi) is 4.39. The van der Waals surface area contributed by atoms with Crippen LogP contribution in [0.1, 0.15) is 29.6 Å². The van der Waals surface area contributed by atoms with Gasteiger partial charge in [-0.15, -0.1) is 0 Å². The maximum absolute atomic E-state index is 12.6. The van der Waals surface area contributed by atoms with E-state index in [1.165, 1.54) is 12.8 Å². The minimum atomic E-state index is 0.0870. The SMILES string of the molecule is CN1CCCN(C(=O)c2ccnc(OCC3CC3)c2)CC1. The molecular formula is C16H23N3O2. The molecule has 0 N–H and O–H groups in total. The highest BCUT2D eigenvalue weighted by Gasteiger charge is 2.23. The highest BCUT2D eigenvalue weighted by Crippen LogP contribution is 2.29. The van der Waals surface area contributed by atoms with Gasteiger partial charge in [-0.25, -0.2) is 4.98 Å². The molecule has 1 aliphatic carbocycles. The molecule has 2 heterocycles. The van der Waals surface area contributed by atoms with Gasteiger partial charge in [-0.05, 0) is 44.8 Å². The molecule has 0 aromatic carbocycles. The van der Waals surface area contributed by atoms with Gasteiger partial charge in [0.1, 0.15) is 0 Å². The summed E-state index contributed by atoms with van der Waals surface area (Å²) in [6.45, 7) is 4.32. The van der Waals surface area contributed by atoms with Gasteiger partial charge in [-0.2, -0.15) is 0 Å². The van der Waals surface area contributed by atoms with Crippen molar-refractivity contribution in [3.63, 3.8) is 0 Å². The number of hydrogen-bond acceptors (Lipinski definition) is 4. The molecule has 1 amide bonds. The summed E-state index contributed by atoms with van der Waals surface area (Å²) in [5.41, 5.74) is 0.681. The molecule has 0 radical (unpaired) electrons. The topological polar surface area (TPSA) is 45.7 Å². The summed E-state index contributed by atoms with van der Waals surface area (Å²) in [6.07, 6.45) is 5.19. The second kappa shape index (κ2) is 6.43. The third kappa shape index (κ3) is 3.94. The Hall–Kier alpha value is -1.62. The maximum Gasteiger partial charge on any atom is 0.254 e. The van der Waals surface area contributed by atoms with Crippen LogP contribution in [0.15, 0.2) is 18.3 Å². The summed E-state index contributed by atoms with van der Waals surface area (Å²) in [7, 11) is 2.10. The molecule has 1 aliphatic heterocycles. The maximum atomic E-state index is 12.6. The van der Waals surface area contributed by atoms with E-state index in [0.717, 1.165) is 39.2 Å². The molecule has 1 aromatic rings. The number of carbonyl (C=O) groups excluding carboxylic acids is 1. The highest BCUT2D eigenvalue weighted by atomic mass is 16.5. The number of amides is 1. The average molecular weight is 289 g/mol. The van der Waals surface area contributed by atoms with Gasteiger partial charge in [0.2, 0.25) is 5.88 Å². The van der Waals surface area contributed by atoms with Crippen LogP contribution >= 0.6 is 0 Å². The number of rotatable bonds is 4. The number of ether oxygens (including phenoxy) is 1. The van der Waals surface area contributed by atoms with Crippen LogP contribution in [0.3, 0.4) is 0 Å². The molecular weight excluding hydrogens is 266 g/mol. The van der Waals surface area contributed by atoms with Crippen molar-refractivity contribution in [1.29, 1.82) is 0 Å². The minimum absolute atomic E-state index is 0.0870. The van der Waals surface area contributed by atoms with Crippen molar-refractivity contribution in [2.24, 2.45) is 5.92 Å². The van der Waals surface area contributed by atoms with Crippen LogP contribution in [0.25, 0.3) is 0 Å². The molecule has 114 valence electrons. The zero-order valence-electron chi connectivity index (χ0n) is 12.6. The highest BCUT2D eigenvalue weighted by molar-refractivity contribution is 5.94. The van der Waals surface area contributed by atoms with Crippen molar-refractivity contribution in [2.75, 3.05) is 39.8 Å². The van der Waals surface area contributed by atoms with E-state index in [-0.39, 0.29) is 5.91 Å². The Morgan fingerprint density at radius 2 is 2.19 bits per heavy atom. The first-order chi connectivity index (χ1) is 10.2. The molecule has 3 rings (SSSR count). The molecule has 1 saturated carbocycles. The second-order valence-corrected chi connectivity index (χ2v) is 6.09. The van der Waals surface area contributed by atoms with Crippen LogP contribution in [0.4, 0.5) is 0 Å². The summed E-state index contributed by atoms with van der Waals surface area (Å²) in [5.74, 6) is 1.34. The van der Waals surface area contributed by atoms with E-state index >= 15 is 0 Å². The molecule has 0 atom stereocenters. The first-order valence-electron chi connectivity index (χ1n) is 7.79. The van der Waals surface area contributed by atoms with E-state index in [1.807, 2.05) is 4.90 Å². The van der Waals surface area contributed by atoms with Crippen molar-refractivity contribution in [2.45, 2.75) is 19.3 Å². The van der Waals surface area contributed by atoms with Crippen LogP contribution in [0.5, 0.6) is 5.88 Å². The van der Waals surface area contributed by atoms with Gasteiger partial charge < -0.3 is 14.5 Å². The van der Waals surface area contributed by atoms with Crippen molar-refractivity contribution in [3.8, 4) is 5.88 Å². The van der Waals surface area contributed by atoms with Gasteiger partial charge in [0, 0.05) is 37.5 Å². The Bertz CT molecular complexity index is 502. The van der Waals surface area contributed by atoms with Gasteiger partial charge >= 0.3 is 0 Å². The number of likely N-dealkylation sites (N-methyl/N-ethyl adjacent to an activating group) is 1.